The molecule has 1 aromatic carbocycles. The van der Waals surface area contributed by atoms with Crippen molar-refractivity contribution in [2.24, 2.45) is 13.0 Å². The second-order valence-electron chi connectivity index (χ2n) is 10.1. The molecule has 6 rings (SSSR count). The summed E-state index contributed by atoms with van der Waals surface area (Å²) < 4.78 is 4.37. The lowest BCUT2D eigenvalue weighted by molar-refractivity contribution is -0.117. The summed E-state index contributed by atoms with van der Waals surface area (Å²) in [4.78, 5) is 34.8. The molecule has 2 atom stereocenters. The fourth-order valence-corrected chi connectivity index (χ4v) is 5.20. The van der Waals surface area contributed by atoms with E-state index in [0.717, 1.165) is 40.1 Å². The number of amides is 2. The number of rotatable bonds is 7. The molecule has 2 amide bonds. The van der Waals surface area contributed by atoms with Gasteiger partial charge < -0.3 is 25.1 Å². The summed E-state index contributed by atoms with van der Waals surface area (Å²) in [6, 6.07) is 11.5. The first-order valence-corrected chi connectivity index (χ1v) is 12.9. The number of hydrogen-bond donors (Lipinski definition) is 3. The van der Waals surface area contributed by atoms with Crippen molar-refractivity contribution in [1.29, 1.82) is 0 Å². The van der Waals surface area contributed by atoms with Gasteiger partial charge in [-0.15, -0.1) is 0 Å². The van der Waals surface area contributed by atoms with Gasteiger partial charge in [-0.25, -0.2) is 9.97 Å². The molecule has 0 unspecified atom stereocenters. The Morgan fingerprint density at radius 3 is 2.73 bits per heavy atom. The third-order valence-corrected chi connectivity index (χ3v) is 7.34. The first kappa shape index (κ1) is 23.4. The van der Waals surface area contributed by atoms with Gasteiger partial charge in [0, 0.05) is 43.8 Å². The predicted octanol–water partition coefficient (Wildman–Crippen LogP) is 2.76. The van der Waals surface area contributed by atoms with Crippen LogP contribution in [0.15, 0.2) is 54.7 Å². The SMILES string of the molecule is C/C=C/C(=O)N[C@@H]1CNC[C@H]1NC(=O)c1ccc2c(c1)nc(-c1cc3cccnc3n1CC1CC1)n2C. The maximum atomic E-state index is 13.2. The molecule has 9 nitrogen and oxygen atoms in total. The highest BCUT2D eigenvalue weighted by Gasteiger charge is 2.30. The van der Waals surface area contributed by atoms with E-state index in [9.17, 15) is 9.59 Å². The molecule has 0 radical (unpaired) electrons. The number of fused-ring (bicyclic) bond motifs is 2. The fraction of sp³-hybridized carbons (Fsp3) is 0.357. The summed E-state index contributed by atoms with van der Waals surface area (Å²) in [6.45, 7) is 3.95. The lowest BCUT2D eigenvalue weighted by atomic mass is 10.1. The minimum Gasteiger partial charge on any atom is -0.346 e. The summed E-state index contributed by atoms with van der Waals surface area (Å²) >= 11 is 0. The predicted molar refractivity (Wildman–Crippen MR) is 143 cm³/mol. The van der Waals surface area contributed by atoms with E-state index in [-0.39, 0.29) is 23.9 Å². The Hall–Kier alpha value is -3.98. The van der Waals surface area contributed by atoms with Crippen LogP contribution in [0.2, 0.25) is 0 Å². The van der Waals surface area contributed by atoms with E-state index in [4.69, 9.17) is 4.98 Å². The first-order chi connectivity index (χ1) is 18.0. The van der Waals surface area contributed by atoms with Crippen LogP contribution in [0.3, 0.4) is 0 Å². The lowest BCUT2D eigenvalue weighted by Gasteiger charge is -2.20. The second-order valence-corrected chi connectivity index (χ2v) is 10.1. The molecule has 2 fully saturated rings. The maximum absolute atomic E-state index is 13.2. The Kier molecular flexibility index (Phi) is 6.00. The molecule has 1 aliphatic carbocycles. The second kappa shape index (κ2) is 9.48. The number of nitrogens with one attached hydrogen (secondary N) is 3. The van der Waals surface area contributed by atoms with E-state index >= 15 is 0 Å². The van der Waals surface area contributed by atoms with Gasteiger partial charge in [0.1, 0.15) is 5.65 Å². The van der Waals surface area contributed by atoms with Crippen LogP contribution in [-0.4, -0.2) is 56.1 Å². The van der Waals surface area contributed by atoms with Gasteiger partial charge in [-0.2, -0.15) is 0 Å². The first-order valence-electron chi connectivity index (χ1n) is 12.9. The molecular weight excluding hydrogens is 466 g/mol. The van der Waals surface area contributed by atoms with Crippen LogP contribution in [0.1, 0.15) is 30.1 Å². The topological polar surface area (TPSA) is 106 Å². The molecule has 37 heavy (non-hydrogen) atoms. The van der Waals surface area contributed by atoms with Crippen LogP contribution in [0.4, 0.5) is 0 Å². The number of aromatic nitrogens is 4. The Bertz CT molecular complexity index is 1530. The van der Waals surface area contributed by atoms with Crippen LogP contribution in [0.5, 0.6) is 0 Å². The number of pyridine rings is 1. The number of imidazole rings is 1. The molecule has 2 aliphatic rings. The number of aryl methyl sites for hydroxylation is 1. The van der Waals surface area contributed by atoms with Crippen LogP contribution in [-0.2, 0) is 18.4 Å². The van der Waals surface area contributed by atoms with Crippen LogP contribution in [0, 0.1) is 5.92 Å². The summed E-state index contributed by atoms with van der Waals surface area (Å²) in [7, 11) is 2.01. The third-order valence-electron chi connectivity index (χ3n) is 7.34. The Balaban J connectivity index is 1.28. The van der Waals surface area contributed by atoms with Gasteiger partial charge in [-0.1, -0.05) is 6.08 Å². The van der Waals surface area contributed by atoms with E-state index in [1.165, 1.54) is 18.9 Å². The zero-order valence-electron chi connectivity index (χ0n) is 21.1. The molecule has 3 aromatic heterocycles. The molecule has 0 spiro atoms. The van der Waals surface area contributed by atoms with Crippen molar-refractivity contribution in [2.75, 3.05) is 13.1 Å². The van der Waals surface area contributed by atoms with Gasteiger partial charge in [-0.3, -0.25) is 9.59 Å². The lowest BCUT2D eigenvalue weighted by Crippen LogP contribution is -2.50. The molecule has 1 saturated carbocycles. The summed E-state index contributed by atoms with van der Waals surface area (Å²) in [6.07, 6.45) is 7.53. The molecule has 1 saturated heterocycles. The Morgan fingerprint density at radius 1 is 1.14 bits per heavy atom. The van der Waals surface area contributed by atoms with Gasteiger partial charge >= 0.3 is 0 Å². The van der Waals surface area contributed by atoms with Crippen molar-refractivity contribution in [3.8, 4) is 11.5 Å². The number of carbonyl (C=O) groups excluding carboxylic acids is 2. The van der Waals surface area contributed by atoms with Crippen molar-refractivity contribution in [2.45, 2.75) is 38.4 Å². The van der Waals surface area contributed by atoms with E-state index in [1.54, 1.807) is 13.0 Å². The van der Waals surface area contributed by atoms with E-state index in [0.29, 0.717) is 24.6 Å². The van der Waals surface area contributed by atoms with Crippen molar-refractivity contribution in [3.63, 3.8) is 0 Å². The number of benzene rings is 1. The van der Waals surface area contributed by atoms with Gasteiger partial charge in [0.25, 0.3) is 5.91 Å². The highest BCUT2D eigenvalue weighted by Crippen LogP contribution is 2.35. The van der Waals surface area contributed by atoms with Crippen molar-refractivity contribution in [1.82, 2.24) is 35.1 Å². The number of carbonyl (C=O) groups is 2. The highest BCUT2D eigenvalue weighted by molar-refractivity contribution is 5.98. The molecule has 4 aromatic rings. The maximum Gasteiger partial charge on any atom is 0.251 e. The highest BCUT2D eigenvalue weighted by atomic mass is 16.2. The van der Waals surface area contributed by atoms with E-state index in [2.05, 4.69) is 42.2 Å². The third kappa shape index (κ3) is 4.51. The number of allylic oxidation sites excluding steroid dienone is 1. The van der Waals surface area contributed by atoms with Crippen LogP contribution in [0.25, 0.3) is 33.6 Å². The zero-order valence-corrected chi connectivity index (χ0v) is 21.1. The largest absolute Gasteiger partial charge is 0.346 e. The number of nitrogens with zero attached hydrogens (tertiary/aromatic N) is 4. The van der Waals surface area contributed by atoms with Crippen molar-refractivity contribution >= 4 is 33.9 Å². The standard InChI is InChI=1S/C28H31N7O2/c1-3-5-25(36)31-21-14-29-15-22(21)33-28(37)19-9-10-23-20(12-19)32-27(34(23)2)24-13-18-6-4-11-30-26(18)35(24)16-17-7-8-17/h3-6,9-13,17,21-22,29H,7-8,14-16H2,1-2H3,(H,31,36)(H,33,37)/b5-3+/t21-,22-/m1/s1. The molecule has 0 bridgehead atoms. The summed E-state index contributed by atoms with van der Waals surface area (Å²) in [5.41, 5.74) is 4.30. The molecule has 1 aliphatic heterocycles. The van der Waals surface area contributed by atoms with Gasteiger partial charge in [0.05, 0.1) is 28.8 Å². The van der Waals surface area contributed by atoms with Crippen LogP contribution >= 0.6 is 0 Å². The van der Waals surface area contributed by atoms with Gasteiger partial charge in [-0.05, 0) is 68.2 Å². The molecule has 3 N–H and O–H groups in total. The van der Waals surface area contributed by atoms with E-state index < -0.39 is 0 Å². The quantitative estimate of drug-likeness (QED) is 0.341. The summed E-state index contributed by atoms with van der Waals surface area (Å²) in [5, 5.41) is 10.4. The Labute approximate surface area is 215 Å². The smallest absolute Gasteiger partial charge is 0.251 e. The Morgan fingerprint density at radius 2 is 1.95 bits per heavy atom. The number of hydrogen-bond acceptors (Lipinski definition) is 5. The minimum atomic E-state index is -0.192. The zero-order chi connectivity index (χ0) is 25.5. The van der Waals surface area contributed by atoms with Gasteiger partial charge in [0.2, 0.25) is 5.91 Å². The van der Waals surface area contributed by atoms with Crippen molar-refractivity contribution < 1.29 is 9.59 Å². The molecule has 9 heteroatoms. The molecule has 190 valence electrons. The monoisotopic (exact) mass is 497 g/mol. The van der Waals surface area contributed by atoms with E-state index in [1.807, 2.05) is 37.5 Å². The molecule has 4 heterocycles. The normalized spacial score (nSPS) is 19.7. The average Bonchev–Trinajstić information content (AvgIpc) is 3.37. The summed E-state index contributed by atoms with van der Waals surface area (Å²) in [5.74, 6) is 1.21. The minimum absolute atomic E-state index is 0.160. The van der Waals surface area contributed by atoms with Gasteiger partial charge in [0.15, 0.2) is 5.82 Å². The van der Waals surface area contributed by atoms with Crippen LogP contribution < -0.4 is 16.0 Å². The average molecular weight is 498 g/mol. The fourth-order valence-electron chi connectivity index (χ4n) is 5.20. The molecular formula is C28H31N7O2. The van der Waals surface area contributed by atoms with Crippen molar-refractivity contribution in [3.05, 3.63) is 60.3 Å².